The maximum Gasteiger partial charge on any atom is 0.279 e. The van der Waals surface area contributed by atoms with E-state index in [4.69, 9.17) is 0 Å². The fourth-order valence-electron chi connectivity index (χ4n) is 2.97. The van der Waals surface area contributed by atoms with Crippen LogP contribution in [0.1, 0.15) is 25.7 Å². The second kappa shape index (κ2) is 6.22. The largest absolute Gasteiger partial charge is 0.321 e. The number of carbonyl (C=O) groups excluding carboxylic acids is 1. The first kappa shape index (κ1) is 15.4. The molecular formula is C15H22N3O3+. The van der Waals surface area contributed by atoms with Gasteiger partial charge in [0, 0.05) is 17.8 Å². The summed E-state index contributed by atoms with van der Waals surface area (Å²) in [5.41, 5.74) is 0.618. The highest BCUT2D eigenvalue weighted by atomic mass is 16.6. The molecule has 1 aromatic rings. The van der Waals surface area contributed by atoms with Crippen LogP contribution in [0, 0.1) is 10.1 Å². The Morgan fingerprint density at radius 3 is 2.38 bits per heavy atom. The van der Waals surface area contributed by atoms with Crippen LogP contribution in [0.15, 0.2) is 24.3 Å². The summed E-state index contributed by atoms with van der Waals surface area (Å²) in [5.74, 6) is -0.0549. The Labute approximate surface area is 124 Å². The predicted molar refractivity (Wildman–Crippen MR) is 81.0 cm³/mol. The minimum Gasteiger partial charge on any atom is -0.321 e. The molecule has 1 fully saturated rings. The van der Waals surface area contributed by atoms with Crippen LogP contribution < -0.4 is 5.32 Å². The number of rotatable bonds is 5. The quantitative estimate of drug-likeness (QED) is 0.515. The topological polar surface area (TPSA) is 72.2 Å². The normalized spacial score (nSPS) is 15.9. The van der Waals surface area contributed by atoms with Crippen molar-refractivity contribution < 1.29 is 14.2 Å². The van der Waals surface area contributed by atoms with Gasteiger partial charge in [0.25, 0.3) is 11.6 Å². The molecule has 6 nitrogen and oxygen atoms in total. The van der Waals surface area contributed by atoms with Crippen molar-refractivity contribution in [1.29, 1.82) is 0 Å². The summed E-state index contributed by atoms with van der Waals surface area (Å²) >= 11 is 0. The van der Waals surface area contributed by atoms with Gasteiger partial charge in [-0.15, -0.1) is 0 Å². The van der Waals surface area contributed by atoms with Crippen LogP contribution in [-0.4, -0.2) is 42.0 Å². The number of likely N-dealkylation sites (N-methyl/N-ethyl adjacent to an activating group) is 1. The molecule has 114 valence electrons. The zero-order valence-corrected chi connectivity index (χ0v) is 12.5. The van der Waals surface area contributed by atoms with Crippen LogP contribution in [0.5, 0.6) is 0 Å². The van der Waals surface area contributed by atoms with E-state index in [0.717, 1.165) is 0 Å². The van der Waals surface area contributed by atoms with Gasteiger partial charge in [0.2, 0.25) is 0 Å². The third-order valence-corrected chi connectivity index (χ3v) is 4.23. The monoisotopic (exact) mass is 292 g/mol. The highest BCUT2D eigenvalue weighted by Gasteiger charge is 2.32. The maximum atomic E-state index is 12.1. The first-order valence-electron chi connectivity index (χ1n) is 7.25. The van der Waals surface area contributed by atoms with Crippen molar-refractivity contribution in [3.05, 3.63) is 34.4 Å². The molecule has 1 amide bonds. The summed E-state index contributed by atoms with van der Waals surface area (Å²) in [5, 5.41) is 13.4. The molecule has 0 spiro atoms. The molecule has 0 aliphatic heterocycles. The van der Waals surface area contributed by atoms with Crippen molar-refractivity contribution in [2.75, 3.05) is 26.0 Å². The summed E-state index contributed by atoms with van der Waals surface area (Å²) in [4.78, 5) is 22.3. The van der Waals surface area contributed by atoms with Crippen LogP contribution in [0.25, 0.3) is 0 Å². The Hall–Kier alpha value is -1.95. The molecule has 1 aliphatic rings. The average molecular weight is 292 g/mol. The lowest BCUT2D eigenvalue weighted by molar-refractivity contribution is -0.906. The van der Waals surface area contributed by atoms with Gasteiger partial charge in [-0.25, -0.2) is 0 Å². The lowest BCUT2D eigenvalue weighted by atomic mass is 10.2. The Bertz CT molecular complexity index is 519. The van der Waals surface area contributed by atoms with Gasteiger partial charge >= 0.3 is 0 Å². The van der Waals surface area contributed by atoms with Gasteiger partial charge in [0.05, 0.1) is 25.1 Å². The lowest BCUT2D eigenvalue weighted by Crippen LogP contribution is -2.51. The van der Waals surface area contributed by atoms with E-state index in [1.165, 1.54) is 37.8 Å². The van der Waals surface area contributed by atoms with Crippen molar-refractivity contribution >= 4 is 17.3 Å². The average Bonchev–Trinajstić information content (AvgIpc) is 2.93. The fourth-order valence-corrected chi connectivity index (χ4v) is 2.97. The minimum absolute atomic E-state index is 0.0232. The van der Waals surface area contributed by atoms with Gasteiger partial charge in [-0.3, -0.25) is 14.9 Å². The van der Waals surface area contributed by atoms with Crippen LogP contribution in [0.3, 0.4) is 0 Å². The smallest absolute Gasteiger partial charge is 0.279 e. The second-order valence-corrected chi connectivity index (χ2v) is 6.23. The van der Waals surface area contributed by atoms with Crippen LogP contribution in [0.4, 0.5) is 11.4 Å². The SMILES string of the molecule is C[N+](C)(CC(=O)Nc1ccc([N+](=O)[O-])cc1)C1CCCC1. The summed E-state index contributed by atoms with van der Waals surface area (Å²) in [6.07, 6.45) is 4.85. The third kappa shape index (κ3) is 4.01. The van der Waals surface area contributed by atoms with E-state index < -0.39 is 4.92 Å². The van der Waals surface area contributed by atoms with Crippen molar-refractivity contribution in [1.82, 2.24) is 0 Å². The van der Waals surface area contributed by atoms with Gasteiger partial charge in [0.1, 0.15) is 0 Å². The van der Waals surface area contributed by atoms with Crippen LogP contribution >= 0.6 is 0 Å². The number of hydrogen-bond acceptors (Lipinski definition) is 3. The molecule has 0 atom stereocenters. The first-order chi connectivity index (χ1) is 9.88. The van der Waals surface area contributed by atoms with E-state index in [1.54, 1.807) is 12.1 Å². The molecule has 0 saturated heterocycles. The molecule has 1 aliphatic carbocycles. The van der Waals surface area contributed by atoms with Crippen molar-refractivity contribution in [2.45, 2.75) is 31.7 Å². The van der Waals surface area contributed by atoms with Gasteiger partial charge in [-0.1, -0.05) is 0 Å². The number of carbonyl (C=O) groups is 1. The first-order valence-corrected chi connectivity index (χ1v) is 7.25. The number of amides is 1. The number of anilines is 1. The van der Waals surface area contributed by atoms with Gasteiger partial charge in [-0.05, 0) is 37.8 Å². The van der Waals surface area contributed by atoms with Crippen molar-refractivity contribution in [3.8, 4) is 0 Å². The molecule has 1 saturated carbocycles. The van der Waals surface area contributed by atoms with E-state index >= 15 is 0 Å². The zero-order chi connectivity index (χ0) is 15.5. The maximum absolute atomic E-state index is 12.1. The second-order valence-electron chi connectivity index (χ2n) is 6.23. The highest BCUT2D eigenvalue weighted by molar-refractivity contribution is 5.91. The molecule has 0 radical (unpaired) electrons. The van der Waals surface area contributed by atoms with E-state index in [0.29, 0.717) is 22.8 Å². The predicted octanol–water partition coefficient (Wildman–Crippen LogP) is 2.55. The van der Waals surface area contributed by atoms with Crippen molar-refractivity contribution in [3.63, 3.8) is 0 Å². The fraction of sp³-hybridized carbons (Fsp3) is 0.533. The third-order valence-electron chi connectivity index (χ3n) is 4.23. The molecule has 0 bridgehead atoms. The minimum atomic E-state index is -0.453. The number of nitro groups is 1. The summed E-state index contributed by atoms with van der Waals surface area (Å²) in [7, 11) is 4.18. The summed E-state index contributed by atoms with van der Waals surface area (Å²) in [6.45, 7) is 0.418. The van der Waals surface area contributed by atoms with Crippen LogP contribution in [-0.2, 0) is 4.79 Å². The molecule has 1 aromatic carbocycles. The summed E-state index contributed by atoms with van der Waals surface area (Å²) in [6, 6.07) is 6.46. The summed E-state index contributed by atoms with van der Waals surface area (Å²) < 4.78 is 0.693. The number of non-ortho nitro benzene ring substituents is 1. The van der Waals surface area contributed by atoms with E-state index in [1.807, 2.05) is 0 Å². The molecule has 2 rings (SSSR count). The molecule has 0 aromatic heterocycles. The standard InChI is InChI=1S/C15H21N3O3/c1-18(2,14-5-3-4-6-14)11-15(19)16-12-7-9-13(10-8-12)17(20)21/h7-10,14H,3-6,11H2,1-2H3/p+1. The lowest BCUT2D eigenvalue weighted by Gasteiger charge is -2.35. The molecule has 0 unspecified atom stereocenters. The number of nitrogens with zero attached hydrogens (tertiary/aromatic N) is 2. The molecule has 21 heavy (non-hydrogen) atoms. The number of nitro benzene ring substituents is 1. The molecule has 1 N–H and O–H groups in total. The van der Waals surface area contributed by atoms with E-state index in [-0.39, 0.29) is 11.6 Å². The Kier molecular flexibility index (Phi) is 4.57. The van der Waals surface area contributed by atoms with Crippen molar-refractivity contribution in [2.24, 2.45) is 0 Å². The Morgan fingerprint density at radius 2 is 1.86 bits per heavy atom. The number of quaternary nitrogens is 1. The van der Waals surface area contributed by atoms with E-state index in [2.05, 4.69) is 19.4 Å². The van der Waals surface area contributed by atoms with Crippen LogP contribution in [0.2, 0.25) is 0 Å². The number of nitrogens with one attached hydrogen (secondary N) is 1. The Morgan fingerprint density at radius 1 is 1.29 bits per heavy atom. The Balaban J connectivity index is 1.93. The number of benzene rings is 1. The number of hydrogen-bond donors (Lipinski definition) is 1. The molecule has 6 heteroatoms. The van der Waals surface area contributed by atoms with Gasteiger partial charge < -0.3 is 9.80 Å². The molecular weight excluding hydrogens is 270 g/mol. The van der Waals surface area contributed by atoms with E-state index in [9.17, 15) is 14.9 Å². The zero-order valence-electron chi connectivity index (χ0n) is 12.5. The van der Waals surface area contributed by atoms with Gasteiger partial charge in [-0.2, -0.15) is 0 Å². The van der Waals surface area contributed by atoms with Gasteiger partial charge in [0.15, 0.2) is 6.54 Å². The molecule has 0 heterocycles. The highest BCUT2D eigenvalue weighted by Crippen LogP contribution is 2.26.